The van der Waals surface area contributed by atoms with Gasteiger partial charge in [-0.2, -0.15) is 0 Å². The second-order valence-electron chi connectivity index (χ2n) is 5.02. The van der Waals surface area contributed by atoms with Crippen molar-refractivity contribution in [3.8, 4) is 0 Å². The van der Waals surface area contributed by atoms with E-state index in [1.807, 2.05) is 7.05 Å². The molecule has 3 nitrogen and oxygen atoms in total. The first kappa shape index (κ1) is 12.7. The normalized spacial score (nSPS) is 16.4. The maximum Gasteiger partial charge on any atom is 0.118 e. The summed E-state index contributed by atoms with van der Waals surface area (Å²) in [6.07, 6.45) is 4.26. The molecule has 1 heterocycles. The van der Waals surface area contributed by atoms with Gasteiger partial charge in [-0.25, -0.2) is 0 Å². The lowest BCUT2D eigenvalue weighted by atomic mass is 9.85. The van der Waals surface area contributed by atoms with Crippen LogP contribution in [0.3, 0.4) is 0 Å². The Bertz CT molecular complexity index is 331. The van der Waals surface area contributed by atoms with Crippen LogP contribution in [0.4, 0.5) is 0 Å². The van der Waals surface area contributed by atoms with E-state index >= 15 is 0 Å². The highest BCUT2D eigenvalue weighted by molar-refractivity contribution is 5.07. The Morgan fingerprint density at radius 3 is 2.71 bits per heavy atom. The van der Waals surface area contributed by atoms with Crippen LogP contribution in [0.5, 0.6) is 0 Å². The van der Waals surface area contributed by atoms with Gasteiger partial charge < -0.3 is 9.73 Å². The molecule has 0 aliphatic heterocycles. The lowest BCUT2D eigenvalue weighted by Crippen LogP contribution is -2.31. The number of hydrogen-bond acceptors (Lipinski definition) is 3. The highest BCUT2D eigenvalue weighted by Gasteiger charge is 2.20. The molecule has 2 rings (SSSR count). The molecule has 0 spiro atoms. The van der Waals surface area contributed by atoms with Gasteiger partial charge in [-0.1, -0.05) is 13.3 Å². The topological polar surface area (TPSA) is 28.4 Å². The quantitative estimate of drug-likeness (QED) is 0.789. The van der Waals surface area contributed by atoms with E-state index in [2.05, 4.69) is 29.3 Å². The Morgan fingerprint density at radius 1 is 1.35 bits per heavy atom. The highest BCUT2D eigenvalue weighted by Crippen LogP contribution is 2.27. The highest BCUT2D eigenvalue weighted by atomic mass is 16.3. The molecule has 1 fully saturated rings. The second-order valence-corrected chi connectivity index (χ2v) is 5.02. The van der Waals surface area contributed by atoms with Gasteiger partial charge in [-0.3, -0.25) is 4.90 Å². The minimum Gasteiger partial charge on any atom is -0.463 e. The molecule has 0 unspecified atom stereocenters. The molecule has 0 radical (unpaired) electrons. The zero-order valence-electron chi connectivity index (χ0n) is 11.0. The first-order valence-corrected chi connectivity index (χ1v) is 6.76. The number of nitrogens with zero attached hydrogens (tertiary/aromatic N) is 1. The molecule has 0 aromatic carbocycles. The molecular formula is C14H24N2O. The van der Waals surface area contributed by atoms with Gasteiger partial charge in [0.2, 0.25) is 0 Å². The van der Waals surface area contributed by atoms with Crippen molar-refractivity contribution in [1.29, 1.82) is 0 Å². The minimum absolute atomic E-state index is 0.814. The molecule has 0 saturated heterocycles. The van der Waals surface area contributed by atoms with Crippen molar-refractivity contribution in [2.24, 2.45) is 5.92 Å². The minimum atomic E-state index is 0.814. The van der Waals surface area contributed by atoms with Gasteiger partial charge in [0.15, 0.2) is 0 Å². The van der Waals surface area contributed by atoms with Crippen LogP contribution in [0.15, 0.2) is 16.5 Å². The van der Waals surface area contributed by atoms with E-state index in [4.69, 9.17) is 4.42 Å². The average Bonchev–Trinajstić information content (AvgIpc) is 2.70. The lowest BCUT2D eigenvalue weighted by Gasteiger charge is -2.31. The summed E-state index contributed by atoms with van der Waals surface area (Å²) < 4.78 is 5.79. The standard InChI is InChI=1S/C14H24N2O/c1-3-16(10-12-5-4-6-12)11-14-8-7-13(17-14)9-15-2/h7-8,12,15H,3-6,9-11H2,1-2H3. The molecule has 3 heteroatoms. The molecule has 1 saturated carbocycles. The Kier molecular flexibility index (Phi) is 4.63. The van der Waals surface area contributed by atoms with Crippen molar-refractivity contribution >= 4 is 0 Å². The van der Waals surface area contributed by atoms with E-state index in [-0.39, 0.29) is 0 Å². The summed E-state index contributed by atoms with van der Waals surface area (Å²) in [6, 6.07) is 4.18. The van der Waals surface area contributed by atoms with Gasteiger partial charge in [-0.05, 0) is 44.5 Å². The Morgan fingerprint density at radius 2 is 2.12 bits per heavy atom. The number of furan rings is 1. The maximum atomic E-state index is 5.79. The van der Waals surface area contributed by atoms with E-state index in [0.29, 0.717) is 0 Å². The molecule has 0 amide bonds. The van der Waals surface area contributed by atoms with Crippen LogP contribution in [-0.2, 0) is 13.1 Å². The Labute approximate surface area is 104 Å². The van der Waals surface area contributed by atoms with Crippen molar-refractivity contribution in [1.82, 2.24) is 10.2 Å². The fraction of sp³-hybridized carbons (Fsp3) is 0.714. The fourth-order valence-electron chi connectivity index (χ4n) is 2.34. The predicted octanol–water partition coefficient (Wildman–Crippen LogP) is 2.62. The van der Waals surface area contributed by atoms with Crippen molar-refractivity contribution in [3.05, 3.63) is 23.7 Å². The molecule has 1 N–H and O–H groups in total. The Hall–Kier alpha value is -0.800. The van der Waals surface area contributed by atoms with Gasteiger partial charge >= 0.3 is 0 Å². The molecule has 96 valence electrons. The molecular weight excluding hydrogens is 212 g/mol. The van der Waals surface area contributed by atoms with Gasteiger partial charge in [0.1, 0.15) is 11.5 Å². The van der Waals surface area contributed by atoms with Crippen molar-refractivity contribution in [2.75, 3.05) is 20.1 Å². The average molecular weight is 236 g/mol. The maximum absolute atomic E-state index is 5.79. The number of rotatable bonds is 7. The van der Waals surface area contributed by atoms with Crippen LogP contribution in [0.1, 0.15) is 37.7 Å². The van der Waals surface area contributed by atoms with Gasteiger partial charge in [0, 0.05) is 6.54 Å². The van der Waals surface area contributed by atoms with E-state index in [0.717, 1.165) is 37.1 Å². The summed E-state index contributed by atoms with van der Waals surface area (Å²) in [7, 11) is 1.94. The van der Waals surface area contributed by atoms with E-state index in [9.17, 15) is 0 Å². The van der Waals surface area contributed by atoms with Crippen molar-refractivity contribution in [3.63, 3.8) is 0 Å². The summed E-state index contributed by atoms with van der Waals surface area (Å²) in [5, 5.41) is 3.11. The van der Waals surface area contributed by atoms with Gasteiger partial charge in [-0.15, -0.1) is 0 Å². The molecule has 1 aliphatic carbocycles. The lowest BCUT2D eigenvalue weighted by molar-refractivity contribution is 0.168. The molecule has 1 aromatic heterocycles. The number of nitrogens with one attached hydrogen (secondary N) is 1. The van der Waals surface area contributed by atoms with E-state index in [1.54, 1.807) is 0 Å². The summed E-state index contributed by atoms with van der Waals surface area (Å²) in [5.41, 5.74) is 0. The van der Waals surface area contributed by atoms with Crippen LogP contribution >= 0.6 is 0 Å². The summed E-state index contributed by atoms with van der Waals surface area (Å²) in [4.78, 5) is 2.49. The summed E-state index contributed by atoms with van der Waals surface area (Å²) >= 11 is 0. The third-order valence-electron chi connectivity index (χ3n) is 3.64. The van der Waals surface area contributed by atoms with Crippen LogP contribution in [0, 0.1) is 5.92 Å². The molecule has 0 atom stereocenters. The van der Waals surface area contributed by atoms with Crippen LogP contribution in [0.25, 0.3) is 0 Å². The Balaban J connectivity index is 1.83. The molecule has 0 bridgehead atoms. The molecule has 1 aliphatic rings. The molecule has 1 aromatic rings. The predicted molar refractivity (Wildman–Crippen MR) is 69.8 cm³/mol. The summed E-state index contributed by atoms with van der Waals surface area (Å²) in [5.74, 6) is 3.06. The van der Waals surface area contributed by atoms with Crippen LogP contribution in [-0.4, -0.2) is 25.0 Å². The van der Waals surface area contributed by atoms with Crippen molar-refractivity contribution < 1.29 is 4.42 Å². The molecule has 17 heavy (non-hydrogen) atoms. The van der Waals surface area contributed by atoms with E-state index < -0.39 is 0 Å². The smallest absolute Gasteiger partial charge is 0.118 e. The second kappa shape index (κ2) is 6.22. The largest absolute Gasteiger partial charge is 0.463 e. The third kappa shape index (κ3) is 3.58. The van der Waals surface area contributed by atoms with Gasteiger partial charge in [0.05, 0.1) is 13.1 Å². The fourth-order valence-corrected chi connectivity index (χ4v) is 2.34. The monoisotopic (exact) mass is 236 g/mol. The summed E-state index contributed by atoms with van der Waals surface area (Å²) in [6.45, 7) is 6.35. The first-order valence-electron chi connectivity index (χ1n) is 6.76. The van der Waals surface area contributed by atoms with E-state index in [1.165, 1.54) is 25.8 Å². The third-order valence-corrected chi connectivity index (χ3v) is 3.64. The van der Waals surface area contributed by atoms with Crippen molar-refractivity contribution in [2.45, 2.75) is 39.3 Å². The zero-order valence-corrected chi connectivity index (χ0v) is 11.0. The SMILES string of the molecule is CCN(Cc1ccc(CNC)o1)CC1CCC1. The number of hydrogen-bond donors (Lipinski definition) is 1. The van der Waals surface area contributed by atoms with Crippen LogP contribution in [0.2, 0.25) is 0 Å². The van der Waals surface area contributed by atoms with Gasteiger partial charge in [0.25, 0.3) is 0 Å². The first-order chi connectivity index (χ1) is 8.31. The van der Waals surface area contributed by atoms with Crippen LogP contribution < -0.4 is 5.32 Å². The zero-order chi connectivity index (χ0) is 12.1.